The first-order valence-corrected chi connectivity index (χ1v) is 11.6. The number of hydrogen-bond acceptors (Lipinski definition) is 7. The zero-order valence-electron chi connectivity index (χ0n) is 20.3. The van der Waals surface area contributed by atoms with Gasteiger partial charge in [-0.25, -0.2) is 9.97 Å². The number of ether oxygens (including phenoxy) is 2. The first kappa shape index (κ1) is 25.3. The van der Waals surface area contributed by atoms with Crippen LogP contribution in [0.1, 0.15) is 24.0 Å². The maximum absolute atomic E-state index is 6.78. The zero-order valence-corrected chi connectivity index (χ0v) is 21.8. The first-order valence-electron chi connectivity index (χ1n) is 10.9. The number of nitrogens with zero attached hydrogens (tertiary/aromatic N) is 6. The van der Waals surface area contributed by atoms with Gasteiger partial charge in [0, 0.05) is 37.3 Å². The summed E-state index contributed by atoms with van der Waals surface area (Å²) in [5.74, 6) is 2.06. The lowest BCUT2D eigenvalue weighted by Gasteiger charge is -2.27. The van der Waals surface area contributed by atoms with Gasteiger partial charge in [-0.05, 0) is 37.4 Å². The second-order valence-electron chi connectivity index (χ2n) is 7.84. The third-order valence-corrected chi connectivity index (χ3v) is 6.26. The number of aromatic nitrogens is 5. The van der Waals surface area contributed by atoms with E-state index in [1.807, 2.05) is 43.3 Å². The molecule has 0 unspecified atom stereocenters. The molecule has 3 aromatic heterocycles. The van der Waals surface area contributed by atoms with Crippen molar-refractivity contribution >= 4 is 58.8 Å². The van der Waals surface area contributed by atoms with Gasteiger partial charge in [-0.15, -0.1) is 0 Å². The molecule has 0 radical (unpaired) electrons. The van der Waals surface area contributed by atoms with Crippen molar-refractivity contribution in [1.82, 2.24) is 24.7 Å². The Bertz CT molecular complexity index is 1390. The van der Waals surface area contributed by atoms with Gasteiger partial charge >= 0.3 is 0 Å². The SMILES string of the molecule is C=Nc1ccc(N(Cc2ncc[nH]2)c2c(Cl)c(OC)cc(OC)c2Cl)nc1/C=C(\C)c1cnn(C)c1. The van der Waals surface area contributed by atoms with Crippen LogP contribution in [0.2, 0.25) is 10.0 Å². The molecule has 0 amide bonds. The quantitative estimate of drug-likeness (QED) is 0.265. The average molecular weight is 526 g/mol. The van der Waals surface area contributed by atoms with Crippen molar-refractivity contribution in [3.63, 3.8) is 0 Å². The van der Waals surface area contributed by atoms with E-state index in [0.717, 1.165) is 11.1 Å². The Hall–Kier alpha value is -3.82. The summed E-state index contributed by atoms with van der Waals surface area (Å²) in [6.07, 6.45) is 9.08. The molecule has 3 heterocycles. The van der Waals surface area contributed by atoms with Crippen LogP contribution in [0, 0.1) is 0 Å². The molecule has 11 heteroatoms. The molecule has 9 nitrogen and oxygen atoms in total. The molecule has 0 spiro atoms. The van der Waals surface area contributed by atoms with Gasteiger partial charge in [-0.2, -0.15) is 5.10 Å². The maximum atomic E-state index is 6.78. The van der Waals surface area contributed by atoms with E-state index in [-0.39, 0.29) is 0 Å². The molecule has 0 saturated heterocycles. The van der Waals surface area contributed by atoms with Crippen molar-refractivity contribution in [3.05, 3.63) is 70.1 Å². The lowest BCUT2D eigenvalue weighted by Crippen LogP contribution is -2.20. The molecule has 0 saturated carbocycles. The largest absolute Gasteiger partial charge is 0.495 e. The van der Waals surface area contributed by atoms with Crippen LogP contribution < -0.4 is 14.4 Å². The van der Waals surface area contributed by atoms with E-state index in [9.17, 15) is 0 Å². The third-order valence-electron chi connectivity index (χ3n) is 5.53. The summed E-state index contributed by atoms with van der Waals surface area (Å²) in [6.45, 7) is 5.98. The molecule has 4 rings (SSSR count). The van der Waals surface area contributed by atoms with E-state index in [1.165, 1.54) is 14.2 Å². The number of nitrogens with one attached hydrogen (secondary N) is 1. The van der Waals surface area contributed by atoms with Gasteiger partial charge < -0.3 is 19.4 Å². The standard InChI is InChI=1S/C25H25Cl2N7O2/c1-15(16-12-31-33(3)13-16)10-18-17(28-2)6-7-22(32-18)34(14-21-29-8-9-30-21)25-23(26)19(35-4)11-20(36-5)24(25)27/h6-13H,2,14H2,1,3-5H3,(H,29,30)/b15-10+. The highest BCUT2D eigenvalue weighted by Crippen LogP contribution is 2.48. The van der Waals surface area contributed by atoms with Crippen molar-refractivity contribution in [2.75, 3.05) is 19.1 Å². The summed E-state index contributed by atoms with van der Waals surface area (Å²) in [6, 6.07) is 5.30. The minimum atomic E-state index is 0.293. The Labute approximate surface area is 219 Å². The number of pyridine rings is 1. The molecule has 1 aromatic carbocycles. The van der Waals surface area contributed by atoms with Crippen molar-refractivity contribution in [3.8, 4) is 11.5 Å². The highest BCUT2D eigenvalue weighted by Gasteiger charge is 2.25. The topological polar surface area (TPSA) is 93.5 Å². The van der Waals surface area contributed by atoms with Crippen LogP contribution in [0.5, 0.6) is 11.5 Å². The molecule has 4 aromatic rings. The predicted octanol–water partition coefficient (Wildman–Crippen LogP) is 6.09. The van der Waals surface area contributed by atoms with Crippen molar-refractivity contribution < 1.29 is 9.47 Å². The van der Waals surface area contributed by atoms with Gasteiger partial charge in [0.2, 0.25) is 0 Å². The van der Waals surface area contributed by atoms with E-state index < -0.39 is 0 Å². The number of rotatable bonds is 9. The Kier molecular flexibility index (Phi) is 7.61. The summed E-state index contributed by atoms with van der Waals surface area (Å²) >= 11 is 13.6. The second-order valence-corrected chi connectivity index (χ2v) is 8.60. The number of benzene rings is 1. The molecule has 186 valence electrons. The number of anilines is 2. The van der Waals surface area contributed by atoms with E-state index in [1.54, 1.807) is 29.3 Å². The fourth-order valence-electron chi connectivity index (χ4n) is 3.68. The number of imidazole rings is 1. The van der Waals surface area contributed by atoms with E-state index >= 15 is 0 Å². The molecule has 0 aliphatic heterocycles. The van der Waals surface area contributed by atoms with Gasteiger partial charge in [0.05, 0.1) is 44.0 Å². The second kappa shape index (κ2) is 10.8. The molecule has 0 aliphatic rings. The summed E-state index contributed by atoms with van der Waals surface area (Å²) in [7, 11) is 4.93. The Morgan fingerprint density at radius 2 is 1.94 bits per heavy atom. The van der Waals surface area contributed by atoms with E-state index in [2.05, 4.69) is 26.8 Å². The Balaban J connectivity index is 1.90. The number of aliphatic imine (C=N–C) groups is 1. The van der Waals surface area contributed by atoms with E-state index in [4.69, 9.17) is 37.7 Å². The normalized spacial score (nSPS) is 11.4. The van der Waals surface area contributed by atoms with Crippen LogP contribution in [0.4, 0.5) is 17.2 Å². The van der Waals surface area contributed by atoms with Crippen molar-refractivity contribution in [2.24, 2.45) is 12.0 Å². The number of aromatic amines is 1. The van der Waals surface area contributed by atoms with Gasteiger partial charge in [0.1, 0.15) is 33.2 Å². The van der Waals surface area contributed by atoms with Crippen LogP contribution in [0.15, 0.2) is 48.0 Å². The number of halogens is 2. The number of aryl methyl sites for hydroxylation is 1. The predicted molar refractivity (Wildman–Crippen MR) is 144 cm³/mol. The molecular formula is C25H25Cl2N7O2. The molecule has 1 N–H and O–H groups in total. The first-order chi connectivity index (χ1) is 17.4. The fraction of sp³-hybridized carbons (Fsp3) is 0.200. The maximum Gasteiger partial charge on any atom is 0.143 e. The monoisotopic (exact) mass is 525 g/mol. The smallest absolute Gasteiger partial charge is 0.143 e. The Morgan fingerprint density at radius 1 is 1.22 bits per heavy atom. The minimum Gasteiger partial charge on any atom is -0.495 e. The van der Waals surface area contributed by atoms with Crippen LogP contribution in [0.25, 0.3) is 11.6 Å². The molecule has 0 bridgehead atoms. The van der Waals surface area contributed by atoms with Gasteiger partial charge in [0.15, 0.2) is 0 Å². The highest BCUT2D eigenvalue weighted by atomic mass is 35.5. The summed E-state index contributed by atoms with van der Waals surface area (Å²) in [4.78, 5) is 18.4. The van der Waals surface area contributed by atoms with Crippen LogP contribution in [-0.2, 0) is 13.6 Å². The lowest BCUT2D eigenvalue weighted by atomic mass is 10.1. The van der Waals surface area contributed by atoms with Gasteiger partial charge in [-0.3, -0.25) is 9.67 Å². The number of allylic oxidation sites excluding steroid dienone is 1. The Morgan fingerprint density at radius 3 is 2.50 bits per heavy atom. The lowest BCUT2D eigenvalue weighted by molar-refractivity contribution is 0.394. The summed E-state index contributed by atoms with van der Waals surface area (Å²) in [5, 5.41) is 4.87. The van der Waals surface area contributed by atoms with Gasteiger partial charge in [0.25, 0.3) is 0 Å². The number of methoxy groups -OCH3 is 2. The highest BCUT2D eigenvalue weighted by molar-refractivity contribution is 6.41. The molecule has 36 heavy (non-hydrogen) atoms. The number of hydrogen-bond donors (Lipinski definition) is 1. The molecule has 0 atom stereocenters. The molecule has 0 aliphatic carbocycles. The summed E-state index contributed by atoms with van der Waals surface area (Å²) < 4.78 is 12.7. The van der Waals surface area contributed by atoms with Crippen LogP contribution in [-0.4, -0.2) is 45.7 Å². The molecule has 0 fully saturated rings. The fourth-order valence-corrected chi connectivity index (χ4v) is 4.38. The number of H-pyrrole nitrogens is 1. The zero-order chi connectivity index (χ0) is 25.8. The summed E-state index contributed by atoms with van der Waals surface area (Å²) in [5.41, 5.74) is 3.65. The van der Waals surface area contributed by atoms with Crippen LogP contribution >= 0.6 is 23.2 Å². The average Bonchev–Trinajstić information content (AvgIpc) is 3.55. The van der Waals surface area contributed by atoms with E-state index in [0.29, 0.717) is 56.8 Å². The van der Waals surface area contributed by atoms with Gasteiger partial charge in [-0.1, -0.05) is 23.2 Å². The third kappa shape index (κ3) is 5.07. The minimum absolute atomic E-state index is 0.293. The van der Waals surface area contributed by atoms with Crippen LogP contribution in [0.3, 0.4) is 0 Å². The van der Waals surface area contributed by atoms with Crippen molar-refractivity contribution in [1.29, 1.82) is 0 Å². The van der Waals surface area contributed by atoms with Crippen molar-refractivity contribution in [2.45, 2.75) is 13.5 Å². The molecular weight excluding hydrogens is 501 g/mol.